The molecular weight excluding hydrogens is 265 g/mol. The molecule has 2 unspecified atom stereocenters. The Labute approximate surface area is 110 Å². The average Bonchev–Trinajstić information content (AvgIpc) is 2.55. The third-order valence-corrected chi connectivity index (χ3v) is 2.89. The van der Waals surface area contributed by atoms with E-state index in [0.29, 0.717) is 6.04 Å². The fourth-order valence-corrected chi connectivity index (χ4v) is 1.58. The lowest BCUT2D eigenvalue weighted by atomic mass is 10.2. The number of halogens is 3. The van der Waals surface area contributed by atoms with Crippen molar-refractivity contribution in [3.8, 4) is 0 Å². The molecular formula is C11H21F3N2O3. The van der Waals surface area contributed by atoms with E-state index in [1.54, 1.807) is 0 Å². The van der Waals surface area contributed by atoms with Crippen molar-refractivity contribution in [1.82, 2.24) is 10.2 Å². The Morgan fingerprint density at radius 3 is 2.21 bits per heavy atom. The topological polar surface area (TPSA) is 72.8 Å². The summed E-state index contributed by atoms with van der Waals surface area (Å²) in [5.74, 6) is -2.76. The Kier molecular flexibility index (Phi) is 7.96. The fourth-order valence-electron chi connectivity index (χ4n) is 1.58. The van der Waals surface area contributed by atoms with E-state index in [4.69, 9.17) is 9.90 Å². The Morgan fingerprint density at radius 1 is 1.26 bits per heavy atom. The Hall–Kier alpha value is -0.860. The van der Waals surface area contributed by atoms with Crippen LogP contribution in [0.15, 0.2) is 0 Å². The number of aliphatic carboxylic acids is 1. The number of carbonyl (C=O) groups is 1. The van der Waals surface area contributed by atoms with E-state index in [9.17, 15) is 18.3 Å². The summed E-state index contributed by atoms with van der Waals surface area (Å²) in [4.78, 5) is 11.2. The third-order valence-electron chi connectivity index (χ3n) is 2.89. The van der Waals surface area contributed by atoms with Gasteiger partial charge in [-0.1, -0.05) is 0 Å². The lowest BCUT2D eigenvalue weighted by molar-refractivity contribution is -0.192. The van der Waals surface area contributed by atoms with Crippen molar-refractivity contribution < 1.29 is 28.2 Å². The summed E-state index contributed by atoms with van der Waals surface area (Å²) in [5.41, 5.74) is 0. The molecule has 19 heavy (non-hydrogen) atoms. The number of hydrogen-bond acceptors (Lipinski definition) is 4. The summed E-state index contributed by atoms with van der Waals surface area (Å²) in [5, 5.41) is 19.9. The van der Waals surface area contributed by atoms with E-state index < -0.39 is 12.1 Å². The molecule has 114 valence electrons. The molecule has 0 amide bonds. The molecule has 0 aliphatic carbocycles. The molecule has 8 heteroatoms. The minimum atomic E-state index is -5.08. The van der Waals surface area contributed by atoms with Crippen LogP contribution in [-0.2, 0) is 4.79 Å². The lowest BCUT2D eigenvalue weighted by Crippen LogP contribution is -2.42. The van der Waals surface area contributed by atoms with Crippen LogP contribution in [0.1, 0.15) is 20.3 Å². The molecule has 3 N–H and O–H groups in total. The van der Waals surface area contributed by atoms with Gasteiger partial charge in [0.25, 0.3) is 0 Å². The number of carboxylic acid groups (broad SMARTS) is 1. The molecule has 0 aromatic heterocycles. The number of nitrogens with zero attached hydrogens (tertiary/aromatic N) is 1. The first-order valence-corrected chi connectivity index (χ1v) is 6.09. The van der Waals surface area contributed by atoms with Gasteiger partial charge >= 0.3 is 12.1 Å². The molecule has 0 aromatic carbocycles. The zero-order chi connectivity index (χ0) is 15.1. The molecule has 1 fully saturated rings. The number of hydrogen-bond donors (Lipinski definition) is 3. The summed E-state index contributed by atoms with van der Waals surface area (Å²) in [7, 11) is 0. The van der Waals surface area contributed by atoms with Gasteiger partial charge in [-0.05, 0) is 33.4 Å². The van der Waals surface area contributed by atoms with E-state index in [0.717, 1.165) is 26.2 Å². The maximum absolute atomic E-state index is 10.6. The molecule has 1 aliphatic rings. The Morgan fingerprint density at radius 2 is 1.79 bits per heavy atom. The van der Waals surface area contributed by atoms with Crippen molar-refractivity contribution in [1.29, 1.82) is 0 Å². The van der Waals surface area contributed by atoms with Crippen molar-refractivity contribution in [3.63, 3.8) is 0 Å². The molecule has 0 bridgehead atoms. The zero-order valence-electron chi connectivity index (χ0n) is 11.1. The van der Waals surface area contributed by atoms with Crippen LogP contribution >= 0.6 is 0 Å². The lowest BCUT2D eigenvalue weighted by Gasteiger charge is -2.29. The smallest absolute Gasteiger partial charge is 0.475 e. The van der Waals surface area contributed by atoms with Crippen LogP contribution in [0.3, 0.4) is 0 Å². The first kappa shape index (κ1) is 18.1. The Balaban J connectivity index is 0.000000399. The van der Waals surface area contributed by atoms with Crippen LogP contribution in [0.25, 0.3) is 0 Å². The molecule has 1 saturated heterocycles. The van der Waals surface area contributed by atoms with Crippen molar-refractivity contribution >= 4 is 5.97 Å². The predicted molar refractivity (Wildman–Crippen MR) is 63.9 cm³/mol. The SMILES string of the molecule is CC(O)C(C)N1CCCNCC1.O=C(O)C(F)(F)F. The van der Waals surface area contributed by atoms with Gasteiger partial charge < -0.3 is 15.5 Å². The standard InChI is InChI=1S/C9H20N2O.C2HF3O2/c1-8(9(2)12)11-6-3-4-10-5-7-11;3-2(4,5)1(6)7/h8-10,12H,3-7H2,1-2H3;(H,6,7). The van der Waals surface area contributed by atoms with Crippen LogP contribution in [0.5, 0.6) is 0 Å². The van der Waals surface area contributed by atoms with Gasteiger partial charge in [-0.25, -0.2) is 4.79 Å². The molecule has 0 radical (unpaired) electrons. The van der Waals surface area contributed by atoms with Gasteiger partial charge in [-0.15, -0.1) is 0 Å². The second-order valence-electron chi connectivity index (χ2n) is 4.42. The molecule has 1 heterocycles. The first-order chi connectivity index (χ1) is 8.66. The van der Waals surface area contributed by atoms with Crippen LogP contribution in [0.4, 0.5) is 13.2 Å². The zero-order valence-corrected chi connectivity index (χ0v) is 11.1. The predicted octanol–water partition coefficient (Wildman–Crippen LogP) is 0.684. The number of rotatable bonds is 2. The monoisotopic (exact) mass is 286 g/mol. The number of alkyl halides is 3. The van der Waals surface area contributed by atoms with Crippen molar-refractivity contribution in [3.05, 3.63) is 0 Å². The van der Waals surface area contributed by atoms with E-state index in [1.165, 1.54) is 6.42 Å². The average molecular weight is 286 g/mol. The fraction of sp³-hybridized carbons (Fsp3) is 0.909. The van der Waals surface area contributed by atoms with Crippen LogP contribution in [0.2, 0.25) is 0 Å². The quantitative estimate of drug-likeness (QED) is 0.696. The molecule has 0 spiro atoms. The van der Waals surface area contributed by atoms with E-state index in [2.05, 4.69) is 17.1 Å². The summed E-state index contributed by atoms with van der Waals surface area (Å²) in [6.07, 6.45) is -4.11. The van der Waals surface area contributed by atoms with Crippen molar-refractivity contribution in [2.24, 2.45) is 0 Å². The minimum Gasteiger partial charge on any atom is -0.475 e. The largest absolute Gasteiger partial charge is 0.490 e. The van der Waals surface area contributed by atoms with Crippen LogP contribution in [-0.4, -0.2) is 65.6 Å². The first-order valence-electron chi connectivity index (χ1n) is 6.09. The number of carboxylic acids is 1. The molecule has 1 aliphatic heterocycles. The highest BCUT2D eigenvalue weighted by atomic mass is 19.4. The molecule has 5 nitrogen and oxygen atoms in total. The Bertz CT molecular complexity index is 264. The van der Waals surface area contributed by atoms with Gasteiger partial charge in [-0.3, -0.25) is 4.90 Å². The van der Waals surface area contributed by atoms with Gasteiger partial charge in [0.2, 0.25) is 0 Å². The normalized spacial score (nSPS) is 20.7. The number of nitrogens with one attached hydrogen (secondary N) is 1. The maximum atomic E-state index is 10.6. The second kappa shape index (κ2) is 8.34. The third kappa shape index (κ3) is 8.02. The van der Waals surface area contributed by atoms with Crippen LogP contribution < -0.4 is 5.32 Å². The van der Waals surface area contributed by atoms with E-state index >= 15 is 0 Å². The highest BCUT2D eigenvalue weighted by molar-refractivity contribution is 5.73. The summed E-state index contributed by atoms with van der Waals surface area (Å²) in [6.45, 7) is 8.30. The van der Waals surface area contributed by atoms with E-state index in [-0.39, 0.29) is 6.10 Å². The molecule has 2 atom stereocenters. The van der Waals surface area contributed by atoms with E-state index in [1.807, 2.05) is 6.92 Å². The van der Waals surface area contributed by atoms with Gasteiger partial charge in [0, 0.05) is 19.1 Å². The van der Waals surface area contributed by atoms with Gasteiger partial charge in [-0.2, -0.15) is 13.2 Å². The minimum absolute atomic E-state index is 0.219. The second-order valence-corrected chi connectivity index (χ2v) is 4.42. The van der Waals surface area contributed by atoms with Crippen molar-refractivity contribution in [2.75, 3.05) is 26.2 Å². The molecule has 0 saturated carbocycles. The maximum Gasteiger partial charge on any atom is 0.490 e. The summed E-state index contributed by atoms with van der Waals surface area (Å²) >= 11 is 0. The van der Waals surface area contributed by atoms with Crippen molar-refractivity contribution in [2.45, 2.75) is 38.6 Å². The molecule has 0 aromatic rings. The number of aliphatic hydroxyl groups is 1. The molecule has 1 rings (SSSR count). The highest BCUT2D eigenvalue weighted by Gasteiger charge is 2.38. The summed E-state index contributed by atoms with van der Waals surface area (Å²) < 4.78 is 31.7. The van der Waals surface area contributed by atoms with Gasteiger partial charge in [0.1, 0.15) is 0 Å². The van der Waals surface area contributed by atoms with Gasteiger partial charge in [0.05, 0.1) is 6.10 Å². The number of aliphatic hydroxyl groups excluding tert-OH is 1. The van der Waals surface area contributed by atoms with Gasteiger partial charge in [0.15, 0.2) is 0 Å². The highest BCUT2D eigenvalue weighted by Crippen LogP contribution is 2.13. The van der Waals surface area contributed by atoms with Crippen LogP contribution in [0, 0.1) is 0 Å². The summed E-state index contributed by atoms with van der Waals surface area (Å²) in [6, 6.07) is 0.296.